The van der Waals surface area contributed by atoms with Crippen molar-refractivity contribution in [1.82, 2.24) is 5.32 Å². The van der Waals surface area contributed by atoms with E-state index in [0.29, 0.717) is 17.9 Å². The van der Waals surface area contributed by atoms with E-state index in [2.05, 4.69) is 21.2 Å². The van der Waals surface area contributed by atoms with Crippen LogP contribution < -0.4 is 14.8 Å². The first-order valence-electron chi connectivity index (χ1n) is 7.18. The number of hydrogen-bond donors (Lipinski definition) is 1. The van der Waals surface area contributed by atoms with E-state index in [-0.39, 0.29) is 22.3 Å². The van der Waals surface area contributed by atoms with E-state index >= 15 is 0 Å². The van der Waals surface area contributed by atoms with Crippen molar-refractivity contribution in [1.29, 1.82) is 0 Å². The van der Waals surface area contributed by atoms with Gasteiger partial charge >= 0.3 is 0 Å². The molecule has 7 heteroatoms. The van der Waals surface area contributed by atoms with Crippen LogP contribution in [0.4, 0.5) is 8.78 Å². The van der Waals surface area contributed by atoms with E-state index in [0.717, 1.165) is 6.07 Å². The normalized spacial score (nSPS) is 10.4. The Balaban J connectivity index is 2.16. The Morgan fingerprint density at radius 2 is 1.96 bits per heavy atom. The summed E-state index contributed by atoms with van der Waals surface area (Å²) in [6.07, 6.45) is 0. The molecule has 0 aliphatic rings. The van der Waals surface area contributed by atoms with Crippen LogP contribution in [0, 0.1) is 11.6 Å². The molecule has 0 aliphatic carbocycles. The van der Waals surface area contributed by atoms with Crippen LogP contribution in [0.5, 0.6) is 11.5 Å². The fourth-order valence-corrected chi connectivity index (χ4v) is 2.46. The molecular formula is C17H16BrF2NO3. The summed E-state index contributed by atoms with van der Waals surface area (Å²) in [7, 11) is 1.39. The third-order valence-corrected chi connectivity index (χ3v) is 3.98. The number of carbonyl (C=O) groups is 1. The van der Waals surface area contributed by atoms with Crippen molar-refractivity contribution in [2.24, 2.45) is 0 Å². The lowest BCUT2D eigenvalue weighted by molar-refractivity contribution is 0.0947. The predicted octanol–water partition coefficient (Wildman–Crippen LogP) is 4.06. The van der Waals surface area contributed by atoms with E-state index in [1.807, 2.05) is 0 Å². The molecule has 0 saturated carbocycles. The molecule has 0 fully saturated rings. The van der Waals surface area contributed by atoms with Crippen LogP contribution in [0.3, 0.4) is 0 Å². The second kappa shape index (κ2) is 8.10. The summed E-state index contributed by atoms with van der Waals surface area (Å²) in [5.41, 5.74) is 0.586. The van der Waals surface area contributed by atoms with Crippen molar-refractivity contribution >= 4 is 21.8 Å². The molecule has 128 valence electrons. The molecule has 4 nitrogen and oxygen atoms in total. The van der Waals surface area contributed by atoms with Crippen molar-refractivity contribution in [3.63, 3.8) is 0 Å². The minimum absolute atomic E-state index is 0.0583. The minimum atomic E-state index is -0.547. The Bertz CT molecular complexity index is 753. The van der Waals surface area contributed by atoms with Crippen molar-refractivity contribution in [3.05, 3.63) is 57.6 Å². The quantitative estimate of drug-likeness (QED) is 0.796. The summed E-state index contributed by atoms with van der Waals surface area (Å²) >= 11 is 3.11. The van der Waals surface area contributed by atoms with Gasteiger partial charge in [0.15, 0.2) is 0 Å². The van der Waals surface area contributed by atoms with Crippen molar-refractivity contribution in [2.45, 2.75) is 13.5 Å². The van der Waals surface area contributed by atoms with E-state index < -0.39 is 17.5 Å². The average molecular weight is 400 g/mol. The van der Waals surface area contributed by atoms with Crippen LogP contribution >= 0.6 is 15.9 Å². The van der Waals surface area contributed by atoms with Crippen molar-refractivity contribution < 1.29 is 23.0 Å². The number of amides is 1. The number of rotatable bonds is 6. The smallest absolute Gasteiger partial charge is 0.255 e. The maximum atomic E-state index is 13.9. The first-order chi connectivity index (χ1) is 11.5. The first kappa shape index (κ1) is 18.2. The molecule has 0 unspecified atom stereocenters. The van der Waals surface area contributed by atoms with Gasteiger partial charge in [0.2, 0.25) is 0 Å². The molecule has 1 N–H and O–H groups in total. The fourth-order valence-electron chi connectivity index (χ4n) is 2.12. The molecule has 0 atom stereocenters. The summed E-state index contributed by atoms with van der Waals surface area (Å²) in [6, 6.07) is 6.57. The van der Waals surface area contributed by atoms with Gasteiger partial charge in [-0.05, 0) is 58.7 Å². The van der Waals surface area contributed by atoms with Gasteiger partial charge in [0.05, 0.1) is 23.8 Å². The molecule has 0 spiro atoms. The molecule has 2 rings (SSSR count). The van der Waals surface area contributed by atoms with Gasteiger partial charge in [0.25, 0.3) is 5.91 Å². The summed E-state index contributed by atoms with van der Waals surface area (Å²) in [6.45, 7) is 2.23. The summed E-state index contributed by atoms with van der Waals surface area (Å²) in [5.74, 6) is -0.952. The Morgan fingerprint density at radius 1 is 1.21 bits per heavy atom. The van der Waals surface area contributed by atoms with Gasteiger partial charge in [-0.25, -0.2) is 8.78 Å². The summed E-state index contributed by atoms with van der Waals surface area (Å²) < 4.78 is 37.8. The monoisotopic (exact) mass is 399 g/mol. The zero-order valence-corrected chi connectivity index (χ0v) is 14.7. The number of hydrogen-bond acceptors (Lipinski definition) is 3. The lowest BCUT2D eigenvalue weighted by Crippen LogP contribution is -2.23. The van der Waals surface area contributed by atoms with Crippen molar-refractivity contribution in [2.75, 3.05) is 13.7 Å². The summed E-state index contributed by atoms with van der Waals surface area (Å²) in [5, 5.41) is 2.61. The zero-order valence-electron chi connectivity index (χ0n) is 13.2. The highest BCUT2D eigenvalue weighted by atomic mass is 79.9. The molecular weight excluding hydrogens is 384 g/mol. The number of nitrogens with one attached hydrogen (secondary N) is 1. The van der Waals surface area contributed by atoms with Gasteiger partial charge in [0, 0.05) is 6.54 Å². The standard InChI is InChI=1S/C17H16BrF2NO3/c1-3-24-15-7-10(6-13(20)16(15)18)9-21-17(22)12-8-11(19)4-5-14(12)23-2/h4-8H,3,9H2,1-2H3,(H,21,22). The van der Waals surface area contributed by atoms with Crippen molar-refractivity contribution in [3.8, 4) is 11.5 Å². The average Bonchev–Trinajstić information content (AvgIpc) is 2.57. The first-order valence-corrected chi connectivity index (χ1v) is 7.98. The molecule has 0 saturated heterocycles. The Hall–Kier alpha value is -2.15. The maximum absolute atomic E-state index is 13.9. The Morgan fingerprint density at radius 3 is 2.62 bits per heavy atom. The molecule has 2 aromatic rings. The van der Waals surface area contributed by atoms with Gasteiger partial charge in [-0.3, -0.25) is 4.79 Å². The van der Waals surface area contributed by atoms with Crippen LogP contribution in [-0.2, 0) is 6.54 Å². The highest BCUT2D eigenvalue weighted by molar-refractivity contribution is 9.10. The molecule has 1 amide bonds. The van der Waals surface area contributed by atoms with E-state index in [1.54, 1.807) is 13.0 Å². The van der Waals surface area contributed by atoms with E-state index in [1.165, 1.54) is 25.3 Å². The highest BCUT2D eigenvalue weighted by Gasteiger charge is 2.15. The van der Waals surface area contributed by atoms with Gasteiger partial charge in [-0.2, -0.15) is 0 Å². The Labute approximate surface area is 146 Å². The Kier molecular flexibility index (Phi) is 6.14. The topological polar surface area (TPSA) is 47.6 Å². The van der Waals surface area contributed by atoms with Gasteiger partial charge in [-0.1, -0.05) is 0 Å². The lowest BCUT2D eigenvalue weighted by atomic mass is 10.1. The van der Waals surface area contributed by atoms with Crippen LogP contribution in [0.15, 0.2) is 34.8 Å². The van der Waals surface area contributed by atoms with Crippen LogP contribution in [0.25, 0.3) is 0 Å². The largest absolute Gasteiger partial charge is 0.496 e. The predicted molar refractivity (Wildman–Crippen MR) is 89.4 cm³/mol. The van der Waals surface area contributed by atoms with Crippen LogP contribution in [0.2, 0.25) is 0 Å². The van der Waals surface area contributed by atoms with E-state index in [4.69, 9.17) is 9.47 Å². The van der Waals surface area contributed by atoms with Crippen LogP contribution in [0.1, 0.15) is 22.8 Å². The third-order valence-electron chi connectivity index (χ3n) is 3.21. The number of methoxy groups -OCH3 is 1. The summed E-state index contributed by atoms with van der Waals surface area (Å²) in [4.78, 5) is 12.2. The molecule has 24 heavy (non-hydrogen) atoms. The fraction of sp³-hybridized carbons (Fsp3) is 0.235. The maximum Gasteiger partial charge on any atom is 0.255 e. The van der Waals surface area contributed by atoms with Crippen LogP contribution in [-0.4, -0.2) is 19.6 Å². The molecule has 0 bridgehead atoms. The SMILES string of the molecule is CCOc1cc(CNC(=O)c2cc(F)ccc2OC)cc(F)c1Br. The second-order valence-corrected chi connectivity index (χ2v) is 5.64. The number of ether oxygens (including phenoxy) is 2. The van der Waals surface area contributed by atoms with Gasteiger partial charge in [-0.15, -0.1) is 0 Å². The lowest BCUT2D eigenvalue weighted by Gasteiger charge is -2.12. The molecule has 0 aromatic heterocycles. The van der Waals surface area contributed by atoms with E-state index in [9.17, 15) is 13.6 Å². The molecule has 0 aliphatic heterocycles. The highest BCUT2D eigenvalue weighted by Crippen LogP contribution is 2.29. The molecule has 0 heterocycles. The van der Waals surface area contributed by atoms with Gasteiger partial charge in [0.1, 0.15) is 23.1 Å². The molecule has 0 radical (unpaired) electrons. The molecule has 2 aromatic carbocycles. The number of halogens is 3. The minimum Gasteiger partial charge on any atom is -0.496 e. The number of carbonyl (C=O) groups excluding carboxylic acids is 1. The second-order valence-electron chi connectivity index (χ2n) is 4.85. The number of benzene rings is 2. The zero-order chi connectivity index (χ0) is 17.7. The third kappa shape index (κ3) is 4.23. The van der Waals surface area contributed by atoms with Gasteiger partial charge < -0.3 is 14.8 Å².